The summed E-state index contributed by atoms with van der Waals surface area (Å²) in [7, 11) is 2.20. The number of benzene rings is 2. The van der Waals surface area contributed by atoms with E-state index >= 15 is 0 Å². The number of carbonyl (C=O) groups excluding carboxylic acids is 1. The Morgan fingerprint density at radius 3 is 2.78 bits per heavy atom. The third-order valence-electron chi connectivity index (χ3n) is 8.49. The number of aromatic nitrogens is 5. The van der Waals surface area contributed by atoms with Crippen LogP contribution in [0.3, 0.4) is 0 Å². The molecular formula is C31H35N9O. The van der Waals surface area contributed by atoms with Crippen LogP contribution < -0.4 is 10.6 Å². The topological polar surface area (TPSA) is 118 Å². The zero-order valence-electron chi connectivity index (χ0n) is 23.2. The third kappa shape index (κ3) is 5.53. The quantitative estimate of drug-likeness (QED) is 0.246. The van der Waals surface area contributed by atoms with E-state index < -0.39 is 0 Å². The van der Waals surface area contributed by atoms with Gasteiger partial charge in [0.05, 0.1) is 11.7 Å². The van der Waals surface area contributed by atoms with Crippen molar-refractivity contribution < 1.29 is 4.79 Å². The first-order valence-electron chi connectivity index (χ1n) is 14.5. The van der Waals surface area contributed by atoms with Crippen molar-refractivity contribution in [1.29, 1.82) is 0 Å². The molecule has 2 aliphatic heterocycles. The number of carbonyl (C=O) groups is 1. The first-order valence-corrected chi connectivity index (χ1v) is 14.5. The number of likely N-dealkylation sites (tertiary alicyclic amines) is 2. The van der Waals surface area contributed by atoms with E-state index in [9.17, 15) is 4.79 Å². The van der Waals surface area contributed by atoms with Crippen LogP contribution in [0.5, 0.6) is 0 Å². The molecule has 41 heavy (non-hydrogen) atoms. The van der Waals surface area contributed by atoms with Crippen molar-refractivity contribution in [2.24, 2.45) is 0 Å². The normalized spacial score (nSPS) is 19.1. The molecule has 0 radical (unpaired) electrons. The fourth-order valence-corrected chi connectivity index (χ4v) is 6.20. The lowest BCUT2D eigenvalue weighted by molar-refractivity contribution is 0.0763. The van der Waals surface area contributed by atoms with Gasteiger partial charge in [-0.1, -0.05) is 12.1 Å². The minimum absolute atomic E-state index is 0.0463. The van der Waals surface area contributed by atoms with Crippen molar-refractivity contribution in [3.63, 3.8) is 0 Å². The molecular weight excluding hydrogens is 514 g/mol. The lowest BCUT2D eigenvalue weighted by atomic mass is 9.98. The average Bonchev–Trinajstić information content (AvgIpc) is 3.64. The number of fused-ring (bicyclic) bond motifs is 2. The molecule has 1 unspecified atom stereocenters. The maximum atomic E-state index is 13.2. The van der Waals surface area contributed by atoms with Crippen molar-refractivity contribution in [1.82, 2.24) is 40.3 Å². The predicted octanol–water partition coefficient (Wildman–Crippen LogP) is 4.53. The monoisotopic (exact) mass is 549 g/mol. The summed E-state index contributed by atoms with van der Waals surface area (Å²) in [6.07, 6.45) is 8.12. The molecule has 10 heteroatoms. The largest absolute Gasteiger partial charge is 0.351 e. The summed E-state index contributed by atoms with van der Waals surface area (Å²) in [5.74, 6) is 1.26. The maximum absolute atomic E-state index is 13.2. The highest BCUT2D eigenvalue weighted by atomic mass is 16.2. The molecule has 1 atom stereocenters. The zero-order chi connectivity index (χ0) is 27.8. The molecule has 2 aliphatic rings. The second kappa shape index (κ2) is 10.9. The number of H-pyrrole nitrogens is 2. The first-order chi connectivity index (χ1) is 20.1. The van der Waals surface area contributed by atoms with Gasteiger partial charge in [0.2, 0.25) is 0 Å². The minimum atomic E-state index is -0.0463. The number of piperidine rings is 2. The van der Waals surface area contributed by atoms with Gasteiger partial charge in [-0.25, -0.2) is 9.97 Å². The average molecular weight is 550 g/mol. The fraction of sp³-hybridized carbons (Fsp3) is 0.355. The van der Waals surface area contributed by atoms with Crippen LogP contribution in [0, 0.1) is 0 Å². The van der Waals surface area contributed by atoms with Gasteiger partial charge >= 0.3 is 0 Å². The molecule has 0 aliphatic carbocycles. The van der Waals surface area contributed by atoms with E-state index in [1.807, 2.05) is 48.5 Å². The summed E-state index contributed by atoms with van der Waals surface area (Å²) in [6.45, 7) is 4.38. The highest BCUT2D eigenvalue weighted by Gasteiger charge is 2.29. The van der Waals surface area contributed by atoms with Gasteiger partial charge in [-0.05, 0) is 88.8 Å². The van der Waals surface area contributed by atoms with Gasteiger partial charge in [0.25, 0.3) is 5.91 Å². The van der Waals surface area contributed by atoms with Crippen LogP contribution in [0.25, 0.3) is 33.2 Å². The predicted molar refractivity (Wildman–Crippen MR) is 161 cm³/mol. The number of hydrogen-bond donors (Lipinski definition) is 4. The smallest absolute Gasteiger partial charge is 0.267 e. The summed E-state index contributed by atoms with van der Waals surface area (Å²) in [6, 6.07) is 16.6. The summed E-state index contributed by atoms with van der Waals surface area (Å²) < 4.78 is 0. The van der Waals surface area contributed by atoms with Crippen LogP contribution in [-0.2, 0) is 0 Å². The number of nitrogens with one attached hydrogen (secondary N) is 4. The fourth-order valence-electron chi connectivity index (χ4n) is 6.20. The van der Waals surface area contributed by atoms with Crippen molar-refractivity contribution in [3.05, 3.63) is 66.6 Å². The number of hydrogen-bond acceptors (Lipinski definition) is 7. The van der Waals surface area contributed by atoms with Crippen LogP contribution in [0.2, 0.25) is 0 Å². The van der Waals surface area contributed by atoms with Crippen molar-refractivity contribution in [3.8, 4) is 11.4 Å². The van der Waals surface area contributed by atoms with Crippen LogP contribution in [-0.4, -0.2) is 86.2 Å². The molecule has 0 bridgehead atoms. The molecule has 0 spiro atoms. The van der Waals surface area contributed by atoms with E-state index in [0.717, 1.165) is 72.1 Å². The zero-order valence-corrected chi connectivity index (χ0v) is 23.2. The highest BCUT2D eigenvalue weighted by molar-refractivity contribution is 5.98. The van der Waals surface area contributed by atoms with E-state index in [0.29, 0.717) is 23.4 Å². The lowest BCUT2D eigenvalue weighted by Gasteiger charge is -2.41. The Morgan fingerprint density at radius 1 is 0.976 bits per heavy atom. The Kier molecular flexibility index (Phi) is 6.85. The summed E-state index contributed by atoms with van der Waals surface area (Å²) in [4.78, 5) is 30.8. The van der Waals surface area contributed by atoms with Crippen LogP contribution in [0.4, 0.5) is 11.5 Å². The molecule has 10 nitrogen and oxygen atoms in total. The Morgan fingerprint density at radius 2 is 1.88 bits per heavy atom. The van der Waals surface area contributed by atoms with Crippen LogP contribution in [0.15, 0.2) is 60.9 Å². The molecule has 3 aromatic heterocycles. The molecule has 210 valence electrons. The number of amides is 1. The minimum Gasteiger partial charge on any atom is -0.351 e. The maximum Gasteiger partial charge on any atom is 0.267 e. The van der Waals surface area contributed by atoms with Gasteiger partial charge < -0.3 is 20.5 Å². The molecule has 5 aromatic rings. The van der Waals surface area contributed by atoms with E-state index in [1.165, 1.54) is 12.8 Å². The van der Waals surface area contributed by atoms with E-state index in [1.54, 1.807) is 12.4 Å². The summed E-state index contributed by atoms with van der Waals surface area (Å²) in [5.41, 5.74) is 4.25. The summed E-state index contributed by atoms with van der Waals surface area (Å²) >= 11 is 0. The Balaban J connectivity index is 1.03. The van der Waals surface area contributed by atoms with E-state index in [4.69, 9.17) is 4.98 Å². The van der Waals surface area contributed by atoms with Crippen molar-refractivity contribution >= 4 is 39.2 Å². The number of rotatable bonds is 6. The lowest BCUT2D eigenvalue weighted by Crippen LogP contribution is -2.53. The van der Waals surface area contributed by atoms with E-state index in [-0.39, 0.29) is 11.9 Å². The Hall–Kier alpha value is -4.28. The van der Waals surface area contributed by atoms with Gasteiger partial charge in [0.15, 0.2) is 5.82 Å². The second-order valence-corrected chi connectivity index (χ2v) is 11.4. The van der Waals surface area contributed by atoms with Gasteiger partial charge in [-0.15, -0.1) is 0 Å². The second-order valence-electron chi connectivity index (χ2n) is 11.4. The van der Waals surface area contributed by atoms with Crippen LogP contribution in [0.1, 0.15) is 36.2 Å². The Bertz CT molecular complexity index is 1680. The molecule has 2 aromatic carbocycles. The standard InChI is InChI=1S/C31H35N9O/c1-39-13-9-25(10-14-39)40-12-2-3-24(19-40)35-31(41)28-16-20-4-5-21(17-27(20)36-28)30-32-11-8-29(37-30)34-23-6-7-26-22(15-23)18-33-38-26/h4-8,11,15-18,24-25,36H,2-3,9-10,12-14,19H2,1H3,(H,33,38)(H,35,41)(H,32,34,37). The molecule has 0 saturated carbocycles. The molecule has 2 fully saturated rings. The molecule has 7 rings (SSSR count). The summed E-state index contributed by atoms with van der Waals surface area (Å²) in [5, 5.41) is 15.7. The third-order valence-corrected chi connectivity index (χ3v) is 8.49. The SMILES string of the molecule is CN1CCC(N2CCCC(NC(=O)c3cc4ccc(-c5nccc(Nc6ccc7[nH]ncc7c6)n5)cc4[nH]3)C2)CC1. The van der Waals surface area contributed by atoms with Crippen molar-refractivity contribution in [2.45, 2.75) is 37.8 Å². The van der Waals surface area contributed by atoms with Crippen molar-refractivity contribution in [2.75, 3.05) is 38.5 Å². The molecule has 2 saturated heterocycles. The highest BCUT2D eigenvalue weighted by Crippen LogP contribution is 2.26. The molecule has 1 amide bonds. The van der Waals surface area contributed by atoms with Gasteiger partial charge in [-0.2, -0.15) is 5.10 Å². The van der Waals surface area contributed by atoms with E-state index in [2.05, 4.69) is 47.6 Å². The Labute approximate surface area is 238 Å². The van der Waals surface area contributed by atoms with Gasteiger partial charge in [-0.3, -0.25) is 14.8 Å². The number of nitrogens with zero attached hydrogens (tertiary/aromatic N) is 5. The first kappa shape index (κ1) is 25.7. The number of aromatic amines is 2. The molecule has 5 heterocycles. The van der Waals surface area contributed by atoms with Gasteiger partial charge in [0.1, 0.15) is 11.5 Å². The van der Waals surface area contributed by atoms with Crippen LogP contribution >= 0.6 is 0 Å². The number of anilines is 2. The molecule has 4 N–H and O–H groups in total. The van der Waals surface area contributed by atoms with Gasteiger partial charge in [0, 0.05) is 52.4 Å².